The number of nitrogens with one attached hydrogen (secondary N) is 1. The predicted octanol–water partition coefficient (Wildman–Crippen LogP) is 3.54. The van der Waals surface area contributed by atoms with Gasteiger partial charge < -0.3 is 9.88 Å². The second kappa shape index (κ2) is 8.59. The molecule has 0 aliphatic carbocycles. The van der Waals surface area contributed by atoms with E-state index >= 15 is 0 Å². The third-order valence-corrected chi connectivity index (χ3v) is 5.55. The van der Waals surface area contributed by atoms with Crippen molar-refractivity contribution in [3.05, 3.63) is 78.3 Å². The van der Waals surface area contributed by atoms with Crippen LogP contribution in [-0.2, 0) is 26.1 Å². The highest BCUT2D eigenvalue weighted by Gasteiger charge is 2.16. The van der Waals surface area contributed by atoms with Gasteiger partial charge in [0.2, 0.25) is 0 Å². The maximum Gasteiger partial charge on any atom is 0.147 e. The van der Waals surface area contributed by atoms with Crippen LogP contribution in [0, 0.1) is 0 Å². The fourth-order valence-electron chi connectivity index (χ4n) is 3.99. The molecule has 3 aromatic heterocycles. The van der Waals surface area contributed by atoms with E-state index < -0.39 is 0 Å². The molecule has 0 amide bonds. The summed E-state index contributed by atoms with van der Waals surface area (Å²) in [6.07, 6.45) is 10.4. The Morgan fingerprint density at radius 3 is 2.63 bits per heavy atom. The van der Waals surface area contributed by atoms with Gasteiger partial charge in [-0.2, -0.15) is 5.10 Å². The summed E-state index contributed by atoms with van der Waals surface area (Å²) in [4.78, 5) is 4.14. The number of aryl methyl sites for hydroxylation is 1. The summed E-state index contributed by atoms with van der Waals surface area (Å²) in [5.74, 6) is 2.14. The number of nitrogens with zero attached hydrogens (tertiary/aromatic N) is 6. The topological polar surface area (TPSA) is 73.5 Å². The smallest absolute Gasteiger partial charge is 0.147 e. The number of hydrogen-bond donors (Lipinski definition) is 1. The first-order valence-corrected chi connectivity index (χ1v) is 10.5. The Bertz CT molecular complexity index is 1100. The van der Waals surface area contributed by atoms with Crippen LogP contribution in [0.3, 0.4) is 0 Å². The molecule has 0 unspecified atom stereocenters. The largest absolute Gasteiger partial charge is 0.314 e. The van der Waals surface area contributed by atoms with Gasteiger partial charge in [-0.25, -0.2) is 4.68 Å². The Labute approximate surface area is 175 Å². The summed E-state index contributed by atoms with van der Waals surface area (Å²) >= 11 is 0. The molecule has 1 aromatic carbocycles. The SMILES string of the molecule is c1ccc(-n2cc(CNCc3nnc4n3CCCCC4)c(-c3ccncc3)n2)cc1. The van der Waals surface area contributed by atoms with Gasteiger partial charge in [0.05, 0.1) is 17.9 Å². The molecule has 7 nitrogen and oxygen atoms in total. The van der Waals surface area contributed by atoms with E-state index in [2.05, 4.69) is 43.4 Å². The molecule has 5 rings (SSSR count). The highest BCUT2D eigenvalue weighted by molar-refractivity contribution is 5.62. The number of fused-ring (bicyclic) bond motifs is 1. The molecule has 0 spiro atoms. The van der Waals surface area contributed by atoms with Gasteiger partial charge in [0.15, 0.2) is 0 Å². The Morgan fingerprint density at radius 1 is 0.900 bits per heavy atom. The molecule has 7 heteroatoms. The summed E-state index contributed by atoms with van der Waals surface area (Å²) in [5.41, 5.74) is 4.21. The standard InChI is InChI=1S/C23H25N7/c1-3-7-20(8-4-1)30-17-19(23(28-30)18-10-12-24-13-11-18)15-25-16-22-27-26-21-9-5-2-6-14-29(21)22/h1,3-4,7-8,10-13,17,25H,2,5-6,9,14-16H2. The van der Waals surface area contributed by atoms with Gasteiger partial charge in [0.25, 0.3) is 0 Å². The maximum absolute atomic E-state index is 4.86. The van der Waals surface area contributed by atoms with Crippen LogP contribution in [0.1, 0.15) is 36.5 Å². The average molecular weight is 400 g/mol. The minimum absolute atomic E-state index is 0.694. The van der Waals surface area contributed by atoms with Crippen molar-refractivity contribution in [3.63, 3.8) is 0 Å². The van der Waals surface area contributed by atoms with E-state index in [0.717, 1.165) is 47.1 Å². The first-order chi connectivity index (χ1) is 14.9. The van der Waals surface area contributed by atoms with Crippen LogP contribution in [0.4, 0.5) is 0 Å². The van der Waals surface area contributed by atoms with Gasteiger partial charge in [0, 0.05) is 49.2 Å². The lowest BCUT2D eigenvalue weighted by molar-refractivity contribution is 0.572. The quantitative estimate of drug-likeness (QED) is 0.537. The summed E-state index contributed by atoms with van der Waals surface area (Å²) < 4.78 is 4.23. The first kappa shape index (κ1) is 18.7. The number of hydrogen-bond acceptors (Lipinski definition) is 5. The lowest BCUT2D eigenvalue weighted by Gasteiger charge is -2.08. The molecule has 30 heavy (non-hydrogen) atoms. The number of aromatic nitrogens is 6. The third kappa shape index (κ3) is 3.89. The molecule has 4 heterocycles. The van der Waals surface area contributed by atoms with Crippen molar-refractivity contribution in [3.8, 4) is 16.9 Å². The van der Waals surface area contributed by atoms with Crippen molar-refractivity contribution in [2.24, 2.45) is 0 Å². The van der Waals surface area contributed by atoms with Gasteiger partial charge >= 0.3 is 0 Å². The van der Waals surface area contributed by atoms with Crippen molar-refractivity contribution in [2.75, 3.05) is 0 Å². The predicted molar refractivity (Wildman–Crippen MR) is 115 cm³/mol. The Morgan fingerprint density at radius 2 is 1.77 bits per heavy atom. The van der Waals surface area contributed by atoms with Crippen molar-refractivity contribution < 1.29 is 0 Å². The van der Waals surface area contributed by atoms with E-state index in [-0.39, 0.29) is 0 Å². The van der Waals surface area contributed by atoms with Crippen LogP contribution in [0.5, 0.6) is 0 Å². The zero-order valence-corrected chi connectivity index (χ0v) is 16.9. The van der Waals surface area contributed by atoms with E-state index in [9.17, 15) is 0 Å². The van der Waals surface area contributed by atoms with E-state index in [0.29, 0.717) is 13.1 Å². The van der Waals surface area contributed by atoms with Gasteiger partial charge in [-0.05, 0) is 37.1 Å². The van der Waals surface area contributed by atoms with Gasteiger partial charge in [0.1, 0.15) is 11.6 Å². The third-order valence-electron chi connectivity index (χ3n) is 5.55. The Balaban J connectivity index is 1.37. The van der Waals surface area contributed by atoms with Crippen molar-refractivity contribution >= 4 is 0 Å². The second-order valence-corrected chi connectivity index (χ2v) is 7.62. The highest BCUT2D eigenvalue weighted by atomic mass is 15.3. The molecule has 0 saturated carbocycles. The maximum atomic E-state index is 4.86. The zero-order valence-electron chi connectivity index (χ0n) is 16.9. The fraction of sp³-hybridized carbons (Fsp3) is 0.304. The molecular formula is C23H25N7. The number of rotatable bonds is 6. The molecule has 1 aliphatic rings. The van der Waals surface area contributed by atoms with Crippen LogP contribution in [0.15, 0.2) is 61.1 Å². The van der Waals surface area contributed by atoms with Crippen LogP contribution in [0.25, 0.3) is 16.9 Å². The molecule has 4 aromatic rings. The molecule has 1 aliphatic heterocycles. The average Bonchev–Trinajstić information content (AvgIpc) is 3.32. The zero-order chi connectivity index (χ0) is 20.2. The Kier molecular flexibility index (Phi) is 5.35. The van der Waals surface area contributed by atoms with Crippen LogP contribution >= 0.6 is 0 Å². The van der Waals surface area contributed by atoms with E-state index in [1.54, 1.807) is 12.4 Å². The summed E-state index contributed by atoms with van der Waals surface area (Å²) in [7, 11) is 0. The molecule has 152 valence electrons. The summed E-state index contributed by atoms with van der Waals surface area (Å²) in [5, 5.41) is 17.2. The number of pyridine rings is 1. The monoisotopic (exact) mass is 399 g/mol. The minimum atomic E-state index is 0.694. The van der Waals surface area contributed by atoms with Crippen molar-refractivity contribution in [2.45, 2.75) is 45.3 Å². The molecular weight excluding hydrogens is 374 g/mol. The molecule has 1 N–H and O–H groups in total. The first-order valence-electron chi connectivity index (χ1n) is 10.5. The molecule has 0 atom stereocenters. The highest BCUT2D eigenvalue weighted by Crippen LogP contribution is 2.23. The molecule has 0 fully saturated rings. The van der Waals surface area contributed by atoms with Crippen LogP contribution < -0.4 is 5.32 Å². The lowest BCUT2D eigenvalue weighted by atomic mass is 10.1. The van der Waals surface area contributed by atoms with E-state index in [1.165, 1.54) is 19.3 Å². The number of para-hydroxylation sites is 1. The van der Waals surface area contributed by atoms with Crippen LogP contribution in [-0.4, -0.2) is 29.5 Å². The van der Waals surface area contributed by atoms with Crippen LogP contribution in [0.2, 0.25) is 0 Å². The normalized spacial score (nSPS) is 13.7. The Hall–Kier alpha value is -3.32. The fourth-order valence-corrected chi connectivity index (χ4v) is 3.99. The molecule has 0 radical (unpaired) electrons. The van der Waals surface area contributed by atoms with E-state index in [4.69, 9.17) is 5.10 Å². The van der Waals surface area contributed by atoms with Gasteiger partial charge in [-0.15, -0.1) is 10.2 Å². The van der Waals surface area contributed by atoms with E-state index in [1.807, 2.05) is 35.0 Å². The number of benzene rings is 1. The summed E-state index contributed by atoms with van der Waals surface area (Å²) in [6.45, 7) is 2.42. The molecule has 0 bridgehead atoms. The lowest BCUT2D eigenvalue weighted by Crippen LogP contribution is -2.17. The minimum Gasteiger partial charge on any atom is -0.314 e. The second-order valence-electron chi connectivity index (χ2n) is 7.62. The molecule has 0 saturated heterocycles. The van der Waals surface area contributed by atoms with Crippen molar-refractivity contribution in [1.29, 1.82) is 0 Å². The van der Waals surface area contributed by atoms with Crippen molar-refractivity contribution in [1.82, 2.24) is 34.8 Å². The van der Waals surface area contributed by atoms with Gasteiger partial charge in [-0.1, -0.05) is 24.6 Å². The van der Waals surface area contributed by atoms with Gasteiger partial charge in [-0.3, -0.25) is 4.98 Å². The summed E-state index contributed by atoms with van der Waals surface area (Å²) in [6, 6.07) is 14.2.